The van der Waals surface area contributed by atoms with Gasteiger partial charge in [0.05, 0.1) is 5.69 Å². The zero-order chi connectivity index (χ0) is 9.47. The fraction of sp³-hybridized carbons (Fsp3) is 0.700. The highest BCUT2D eigenvalue weighted by atomic mass is 15.3. The van der Waals surface area contributed by atoms with Gasteiger partial charge in [-0.3, -0.25) is 4.68 Å². The predicted molar refractivity (Wildman–Crippen MR) is 52.5 cm³/mol. The highest BCUT2D eigenvalue weighted by Gasteiger charge is 2.49. The Morgan fingerprint density at radius 2 is 2.38 bits per heavy atom. The molecule has 1 aliphatic rings. The lowest BCUT2D eigenvalue weighted by Crippen LogP contribution is -2.32. The van der Waals surface area contributed by atoms with E-state index < -0.39 is 0 Å². The summed E-state index contributed by atoms with van der Waals surface area (Å²) in [6, 6.07) is 2.34. The first-order valence-electron chi connectivity index (χ1n) is 4.98. The highest BCUT2D eigenvalue weighted by Crippen LogP contribution is 2.49. The molecular weight excluding hydrogens is 162 g/mol. The molecule has 1 aromatic rings. The second-order valence-corrected chi connectivity index (χ2v) is 4.00. The van der Waals surface area contributed by atoms with Gasteiger partial charge in [0.25, 0.3) is 0 Å². The van der Waals surface area contributed by atoms with Crippen molar-refractivity contribution in [3.05, 3.63) is 18.0 Å². The van der Waals surface area contributed by atoms with Gasteiger partial charge in [0.2, 0.25) is 0 Å². The van der Waals surface area contributed by atoms with Crippen LogP contribution in [0.15, 0.2) is 12.3 Å². The molecule has 0 spiro atoms. The number of aryl methyl sites for hydroxylation is 1. The predicted octanol–water partition coefficient (Wildman–Crippen LogP) is 1.28. The van der Waals surface area contributed by atoms with E-state index in [1.807, 2.05) is 10.9 Å². The molecule has 3 nitrogen and oxygen atoms in total. The maximum atomic E-state index is 5.97. The van der Waals surface area contributed by atoms with Crippen LogP contribution < -0.4 is 5.73 Å². The lowest BCUT2D eigenvalue weighted by molar-refractivity contribution is 0.525. The molecule has 2 N–H and O–H groups in total. The van der Waals surface area contributed by atoms with E-state index >= 15 is 0 Å². The third kappa shape index (κ3) is 1.27. The van der Waals surface area contributed by atoms with E-state index in [9.17, 15) is 0 Å². The van der Waals surface area contributed by atoms with Crippen LogP contribution in [0.25, 0.3) is 0 Å². The molecule has 0 radical (unpaired) electrons. The van der Waals surface area contributed by atoms with Gasteiger partial charge in [0.1, 0.15) is 0 Å². The minimum Gasteiger partial charge on any atom is -0.327 e. The van der Waals surface area contributed by atoms with Crippen molar-refractivity contribution in [2.24, 2.45) is 5.73 Å². The summed E-state index contributed by atoms with van der Waals surface area (Å²) in [6.07, 6.45) is 4.44. The molecule has 2 rings (SSSR count). The summed E-state index contributed by atoms with van der Waals surface area (Å²) in [6.45, 7) is 5.12. The number of hydrogen-bond donors (Lipinski definition) is 1. The Morgan fingerprint density at radius 3 is 2.77 bits per heavy atom. The van der Waals surface area contributed by atoms with Crippen molar-refractivity contribution < 1.29 is 0 Å². The van der Waals surface area contributed by atoms with E-state index in [1.165, 1.54) is 18.5 Å². The SMILES string of the molecule is CCn1ccc(C2(C(C)N)CC2)n1. The Balaban J connectivity index is 2.25. The Hall–Kier alpha value is -0.830. The number of hydrogen-bond acceptors (Lipinski definition) is 2. The number of aromatic nitrogens is 2. The van der Waals surface area contributed by atoms with Gasteiger partial charge in [-0.2, -0.15) is 5.10 Å². The average Bonchev–Trinajstić information content (AvgIpc) is 2.79. The summed E-state index contributed by atoms with van der Waals surface area (Å²) < 4.78 is 1.97. The van der Waals surface area contributed by atoms with Gasteiger partial charge in [-0.05, 0) is 32.8 Å². The van der Waals surface area contributed by atoms with Gasteiger partial charge in [0, 0.05) is 24.2 Å². The lowest BCUT2D eigenvalue weighted by atomic mass is 9.95. The average molecular weight is 179 g/mol. The number of nitrogens with two attached hydrogens (primary N) is 1. The Kier molecular flexibility index (Phi) is 1.91. The van der Waals surface area contributed by atoms with Crippen LogP contribution in [0.5, 0.6) is 0 Å². The van der Waals surface area contributed by atoms with E-state index in [2.05, 4.69) is 25.0 Å². The first-order chi connectivity index (χ1) is 6.19. The fourth-order valence-corrected chi connectivity index (χ4v) is 1.88. The molecule has 1 heterocycles. The molecular formula is C10H17N3. The van der Waals surface area contributed by atoms with Crippen LogP contribution in [0.4, 0.5) is 0 Å². The zero-order valence-electron chi connectivity index (χ0n) is 8.33. The maximum absolute atomic E-state index is 5.97. The van der Waals surface area contributed by atoms with E-state index in [-0.39, 0.29) is 11.5 Å². The van der Waals surface area contributed by atoms with Crippen LogP contribution in [-0.2, 0) is 12.0 Å². The molecule has 1 unspecified atom stereocenters. The second-order valence-electron chi connectivity index (χ2n) is 4.00. The fourth-order valence-electron chi connectivity index (χ4n) is 1.88. The number of nitrogens with zero attached hydrogens (tertiary/aromatic N) is 2. The first-order valence-corrected chi connectivity index (χ1v) is 4.98. The van der Waals surface area contributed by atoms with Gasteiger partial charge < -0.3 is 5.73 Å². The van der Waals surface area contributed by atoms with Gasteiger partial charge in [0.15, 0.2) is 0 Å². The third-order valence-electron chi connectivity index (χ3n) is 3.14. The highest BCUT2D eigenvalue weighted by molar-refractivity contribution is 5.26. The van der Waals surface area contributed by atoms with Gasteiger partial charge in [-0.25, -0.2) is 0 Å². The normalized spacial score (nSPS) is 21.5. The zero-order valence-corrected chi connectivity index (χ0v) is 8.33. The van der Waals surface area contributed by atoms with Crippen molar-refractivity contribution in [2.45, 2.75) is 44.7 Å². The minimum atomic E-state index is 0.209. The summed E-state index contributed by atoms with van der Waals surface area (Å²) >= 11 is 0. The van der Waals surface area contributed by atoms with Gasteiger partial charge in [-0.15, -0.1) is 0 Å². The van der Waals surface area contributed by atoms with Crippen LogP contribution in [0.2, 0.25) is 0 Å². The molecule has 1 aliphatic carbocycles. The molecule has 0 aliphatic heterocycles. The Bertz CT molecular complexity index is 297. The standard InChI is InChI=1S/C10H17N3/c1-3-13-7-4-9(12-13)10(5-6-10)8(2)11/h4,7-8H,3,5-6,11H2,1-2H3. The molecule has 0 saturated heterocycles. The monoisotopic (exact) mass is 179 g/mol. The maximum Gasteiger partial charge on any atom is 0.0701 e. The molecule has 0 aromatic carbocycles. The molecule has 13 heavy (non-hydrogen) atoms. The van der Waals surface area contributed by atoms with Crippen molar-refractivity contribution in [3.63, 3.8) is 0 Å². The summed E-state index contributed by atoms with van der Waals surface area (Å²) in [4.78, 5) is 0. The van der Waals surface area contributed by atoms with Crippen molar-refractivity contribution in [1.82, 2.24) is 9.78 Å². The van der Waals surface area contributed by atoms with Crippen LogP contribution >= 0.6 is 0 Å². The lowest BCUT2D eigenvalue weighted by Gasteiger charge is -2.16. The van der Waals surface area contributed by atoms with Crippen LogP contribution in [-0.4, -0.2) is 15.8 Å². The number of rotatable bonds is 3. The molecule has 72 valence electrons. The van der Waals surface area contributed by atoms with E-state index in [0.717, 1.165) is 6.54 Å². The van der Waals surface area contributed by atoms with Crippen molar-refractivity contribution >= 4 is 0 Å². The minimum absolute atomic E-state index is 0.209. The van der Waals surface area contributed by atoms with E-state index in [4.69, 9.17) is 5.73 Å². The second kappa shape index (κ2) is 2.84. The summed E-state index contributed by atoms with van der Waals surface area (Å²) in [5, 5.41) is 4.52. The molecule has 1 atom stereocenters. The molecule has 0 amide bonds. The molecule has 1 aromatic heterocycles. The molecule has 1 saturated carbocycles. The van der Waals surface area contributed by atoms with Crippen molar-refractivity contribution in [3.8, 4) is 0 Å². The van der Waals surface area contributed by atoms with Crippen LogP contribution in [0, 0.1) is 0 Å². The van der Waals surface area contributed by atoms with Crippen molar-refractivity contribution in [1.29, 1.82) is 0 Å². The largest absolute Gasteiger partial charge is 0.327 e. The van der Waals surface area contributed by atoms with Crippen LogP contribution in [0.1, 0.15) is 32.4 Å². The molecule has 0 bridgehead atoms. The molecule has 1 fully saturated rings. The van der Waals surface area contributed by atoms with E-state index in [0.29, 0.717) is 0 Å². The van der Waals surface area contributed by atoms with E-state index in [1.54, 1.807) is 0 Å². The van der Waals surface area contributed by atoms with Gasteiger partial charge >= 0.3 is 0 Å². The van der Waals surface area contributed by atoms with Crippen LogP contribution in [0.3, 0.4) is 0 Å². The Labute approximate surface area is 78.9 Å². The third-order valence-corrected chi connectivity index (χ3v) is 3.14. The quantitative estimate of drug-likeness (QED) is 0.759. The summed E-state index contributed by atoms with van der Waals surface area (Å²) in [5.41, 5.74) is 7.36. The summed E-state index contributed by atoms with van der Waals surface area (Å²) in [7, 11) is 0. The summed E-state index contributed by atoms with van der Waals surface area (Å²) in [5.74, 6) is 0. The smallest absolute Gasteiger partial charge is 0.0701 e. The van der Waals surface area contributed by atoms with Crippen molar-refractivity contribution in [2.75, 3.05) is 0 Å². The topological polar surface area (TPSA) is 43.8 Å². The first kappa shape index (κ1) is 8.75. The molecule has 3 heteroatoms. The Morgan fingerprint density at radius 1 is 1.69 bits per heavy atom. The van der Waals surface area contributed by atoms with Gasteiger partial charge in [-0.1, -0.05) is 0 Å².